The summed E-state index contributed by atoms with van der Waals surface area (Å²) in [6, 6.07) is 2.03. The molecule has 1 heterocycles. The van der Waals surface area contributed by atoms with Crippen molar-refractivity contribution in [3.05, 3.63) is 53.3 Å². The Hall–Kier alpha value is -2.76. The molecule has 33 heavy (non-hydrogen) atoms. The molecule has 6 heteroatoms. The summed E-state index contributed by atoms with van der Waals surface area (Å²) in [4.78, 5) is 13.2. The van der Waals surface area contributed by atoms with E-state index in [9.17, 15) is 9.18 Å². The van der Waals surface area contributed by atoms with Crippen LogP contribution in [0.3, 0.4) is 0 Å². The highest BCUT2D eigenvalue weighted by atomic mass is 19.1. The Morgan fingerprint density at radius 3 is 2.58 bits per heavy atom. The fourth-order valence-electron chi connectivity index (χ4n) is 3.81. The lowest BCUT2D eigenvalue weighted by atomic mass is 9.93. The number of hydrogen-bond acceptors (Lipinski definition) is 4. The number of hydrogen-bond donors (Lipinski definition) is 4. The molecule has 0 radical (unpaired) electrons. The molecule has 0 unspecified atom stereocenters. The predicted octanol–water partition coefficient (Wildman–Crippen LogP) is 6.49. The average Bonchev–Trinajstić information content (AvgIpc) is 2.78. The first-order chi connectivity index (χ1) is 15.7. The molecule has 0 bridgehead atoms. The van der Waals surface area contributed by atoms with Gasteiger partial charge in [-0.15, -0.1) is 6.58 Å². The first kappa shape index (κ1) is 28.3. The lowest BCUT2D eigenvalue weighted by Gasteiger charge is -2.24. The number of rotatable bonds is 11. The van der Waals surface area contributed by atoms with E-state index < -0.39 is 5.67 Å². The molecule has 0 saturated carbocycles. The standard InChI is InChI=1S/C25H37FN4O.C2H6/c1-7-9-10-18-14-21(17(3)22(23(18)27-6)29-12-8-2)30-24(31)20-11-13-28-16-19(20)15-25(4,5)26;1-2/h7,11,13-14,27-29H,1,8-10,12,15-16H2,2-6H3,(H,30,31);1-2H3. The second-order valence-electron chi connectivity index (χ2n) is 8.54. The number of carbonyl (C=O) groups is 1. The Morgan fingerprint density at radius 1 is 1.30 bits per heavy atom. The van der Waals surface area contributed by atoms with Gasteiger partial charge >= 0.3 is 0 Å². The van der Waals surface area contributed by atoms with Crippen LogP contribution in [0.15, 0.2) is 42.1 Å². The molecule has 0 atom stereocenters. The number of dihydropyridines is 1. The zero-order valence-corrected chi connectivity index (χ0v) is 21.5. The largest absolute Gasteiger partial charge is 0.387 e. The van der Waals surface area contributed by atoms with Crippen LogP contribution in [0.4, 0.5) is 21.5 Å². The van der Waals surface area contributed by atoms with E-state index in [0.717, 1.165) is 59.6 Å². The number of anilines is 3. The normalized spacial score (nSPS) is 13.0. The van der Waals surface area contributed by atoms with Crippen molar-refractivity contribution >= 4 is 23.0 Å². The van der Waals surface area contributed by atoms with Crippen LogP contribution in [0.5, 0.6) is 0 Å². The van der Waals surface area contributed by atoms with Gasteiger partial charge in [-0.3, -0.25) is 4.79 Å². The maximum Gasteiger partial charge on any atom is 0.255 e. The number of carbonyl (C=O) groups excluding carboxylic acids is 1. The molecule has 0 aromatic heterocycles. The summed E-state index contributed by atoms with van der Waals surface area (Å²) < 4.78 is 14.3. The van der Waals surface area contributed by atoms with Gasteiger partial charge in [-0.1, -0.05) is 26.8 Å². The average molecular weight is 459 g/mol. The number of aryl methyl sites for hydroxylation is 1. The number of nitrogens with one attached hydrogen (secondary N) is 4. The van der Waals surface area contributed by atoms with Crippen molar-refractivity contribution in [1.82, 2.24) is 5.32 Å². The Bertz CT molecular complexity index is 866. The van der Waals surface area contributed by atoms with Gasteiger partial charge in [0.05, 0.1) is 11.4 Å². The van der Waals surface area contributed by atoms with Gasteiger partial charge in [0.15, 0.2) is 0 Å². The molecule has 0 aliphatic carbocycles. The predicted molar refractivity (Wildman–Crippen MR) is 142 cm³/mol. The van der Waals surface area contributed by atoms with Crippen LogP contribution in [0.2, 0.25) is 0 Å². The summed E-state index contributed by atoms with van der Waals surface area (Å²) in [5.74, 6) is -0.214. The van der Waals surface area contributed by atoms with Crippen LogP contribution in [0.25, 0.3) is 0 Å². The third kappa shape index (κ3) is 8.26. The van der Waals surface area contributed by atoms with E-state index in [1.54, 1.807) is 12.3 Å². The van der Waals surface area contributed by atoms with Crippen molar-refractivity contribution in [1.29, 1.82) is 0 Å². The Morgan fingerprint density at radius 2 is 2.00 bits per heavy atom. The Balaban J connectivity index is 0.00000265. The van der Waals surface area contributed by atoms with Crippen molar-refractivity contribution in [2.75, 3.05) is 36.1 Å². The van der Waals surface area contributed by atoms with E-state index in [0.29, 0.717) is 12.1 Å². The van der Waals surface area contributed by atoms with Crippen LogP contribution < -0.4 is 21.3 Å². The highest BCUT2D eigenvalue weighted by Crippen LogP contribution is 2.36. The topological polar surface area (TPSA) is 65.2 Å². The molecule has 0 fully saturated rings. The van der Waals surface area contributed by atoms with Gasteiger partial charge < -0.3 is 21.3 Å². The quantitative estimate of drug-likeness (QED) is 0.286. The number of benzene rings is 1. The highest BCUT2D eigenvalue weighted by molar-refractivity contribution is 6.07. The fraction of sp³-hybridized carbons (Fsp3) is 0.519. The summed E-state index contributed by atoms with van der Waals surface area (Å²) in [5, 5.41) is 13.0. The molecule has 1 aliphatic rings. The van der Waals surface area contributed by atoms with Crippen molar-refractivity contribution in [3.8, 4) is 0 Å². The minimum Gasteiger partial charge on any atom is -0.387 e. The minimum absolute atomic E-state index is 0.207. The van der Waals surface area contributed by atoms with Crippen LogP contribution in [0.1, 0.15) is 65.0 Å². The van der Waals surface area contributed by atoms with Crippen molar-refractivity contribution in [2.45, 2.75) is 72.9 Å². The molecule has 184 valence electrons. The van der Waals surface area contributed by atoms with Crippen LogP contribution in [-0.2, 0) is 11.2 Å². The van der Waals surface area contributed by atoms with Gasteiger partial charge in [-0.25, -0.2) is 4.39 Å². The zero-order valence-electron chi connectivity index (χ0n) is 21.5. The summed E-state index contributed by atoms with van der Waals surface area (Å²) in [5.41, 5.74) is 4.81. The van der Waals surface area contributed by atoms with E-state index in [2.05, 4.69) is 34.8 Å². The molecule has 4 N–H and O–H groups in total. The number of alkyl halides is 1. The molecule has 1 aliphatic heterocycles. The van der Waals surface area contributed by atoms with Gasteiger partial charge in [0.1, 0.15) is 5.67 Å². The third-order valence-corrected chi connectivity index (χ3v) is 5.28. The maximum atomic E-state index is 14.3. The lowest BCUT2D eigenvalue weighted by Crippen LogP contribution is -2.27. The molecule has 5 nitrogen and oxygen atoms in total. The van der Waals surface area contributed by atoms with Crippen LogP contribution >= 0.6 is 0 Å². The molecule has 1 aromatic rings. The summed E-state index contributed by atoms with van der Waals surface area (Å²) in [6.07, 6.45) is 8.22. The third-order valence-electron chi connectivity index (χ3n) is 5.28. The molecule has 0 spiro atoms. The van der Waals surface area contributed by atoms with Gasteiger partial charge in [0.2, 0.25) is 0 Å². The number of allylic oxidation sites excluding steroid dienone is 1. The van der Waals surface area contributed by atoms with Crippen molar-refractivity contribution < 1.29 is 9.18 Å². The van der Waals surface area contributed by atoms with Gasteiger partial charge in [0.25, 0.3) is 5.91 Å². The summed E-state index contributed by atoms with van der Waals surface area (Å²) in [7, 11) is 1.91. The van der Waals surface area contributed by atoms with Gasteiger partial charge in [0, 0.05) is 37.8 Å². The van der Waals surface area contributed by atoms with E-state index in [1.807, 2.05) is 40.0 Å². The van der Waals surface area contributed by atoms with Crippen molar-refractivity contribution in [3.63, 3.8) is 0 Å². The first-order valence-corrected chi connectivity index (χ1v) is 12.0. The summed E-state index contributed by atoms with van der Waals surface area (Å²) in [6.45, 7) is 16.3. The van der Waals surface area contributed by atoms with Gasteiger partial charge in [-0.2, -0.15) is 0 Å². The lowest BCUT2D eigenvalue weighted by molar-refractivity contribution is -0.112. The molecule has 1 aromatic carbocycles. The van der Waals surface area contributed by atoms with E-state index >= 15 is 0 Å². The van der Waals surface area contributed by atoms with Crippen LogP contribution in [-0.4, -0.2) is 31.7 Å². The van der Waals surface area contributed by atoms with E-state index in [1.165, 1.54) is 13.8 Å². The molecule has 0 saturated heterocycles. The Labute approximate surface area is 200 Å². The number of amides is 1. The Kier molecular flexibility index (Phi) is 11.7. The maximum absolute atomic E-state index is 14.3. The highest BCUT2D eigenvalue weighted by Gasteiger charge is 2.24. The minimum atomic E-state index is -1.38. The molecular weight excluding hydrogens is 415 g/mol. The monoisotopic (exact) mass is 458 g/mol. The molecule has 2 rings (SSSR count). The first-order valence-electron chi connectivity index (χ1n) is 12.0. The second kappa shape index (κ2) is 13.7. The van der Waals surface area contributed by atoms with E-state index in [-0.39, 0.29) is 12.3 Å². The second-order valence-corrected chi connectivity index (χ2v) is 8.54. The SMILES string of the molecule is C=CCCc1cc(NC(=O)C2=C(CC(C)(C)F)CNC=C2)c(C)c(NCCC)c1NC.CC. The van der Waals surface area contributed by atoms with E-state index in [4.69, 9.17) is 0 Å². The summed E-state index contributed by atoms with van der Waals surface area (Å²) >= 11 is 0. The smallest absolute Gasteiger partial charge is 0.255 e. The van der Waals surface area contributed by atoms with Gasteiger partial charge in [-0.05, 0) is 75.1 Å². The number of halogens is 1. The molecule has 1 amide bonds. The molecular formula is C27H43FN4O. The van der Waals surface area contributed by atoms with Crippen LogP contribution in [0, 0.1) is 6.92 Å². The zero-order chi connectivity index (χ0) is 25.0. The fourth-order valence-corrected chi connectivity index (χ4v) is 3.81. The van der Waals surface area contributed by atoms with Crippen molar-refractivity contribution in [2.24, 2.45) is 0 Å².